The summed E-state index contributed by atoms with van der Waals surface area (Å²) in [5.41, 5.74) is 4.51. The van der Waals surface area contributed by atoms with Gasteiger partial charge in [-0.25, -0.2) is 9.78 Å². The summed E-state index contributed by atoms with van der Waals surface area (Å²) in [4.78, 5) is 34.3. The van der Waals surface area contributed by atoms with E-state index in [-0.39, 0.29) is 10.0 Å². The van der Waals surface area contributed by atoms with Crippen LogP contribution < -0.4 is 15.8 Å². The van der Waals surface area contributed by atoms with E-state index in [4.69, 9.17) is 34.0 Å². The fraction of sp³-hybridized carbons (Fsp3) is 0. The molecule has 0 saturated heterocycles. The van der Waals surface area contributed by atoms with Gasteiger partial charge in [-0.15, -0.1) is 0 Å². The molecule has 0 aliphatic carbocycles. The molecule has 0 atom stereocenters. The first kappa shape index (κ1) is 18.4. The predicted octanol–water partition coefficient (Wildman–Crippen LogP) is 0.655. The minimum Gasteiger partial charge on any atom is -0.545 e. The summed E-state index contributed by atoms with van der Waals surface area (Å²) < 4.78 is 0. The smallest absolute Gasteiger partial charge is 0.336 e. The number of halogens is 2. The highest BCUT2D eigenvalue weighted by atomic mass is 35.5. The molecule has 0 bridgehead atoms. The molecule has 0 aliphatic heterocycles. The summed E-state index contributed by atoms with van der Waals surface area (Å²) in [7, 11) is 0. The van der Waals surface area contributed by atoms with Crippen molar-refractivity contribution in [2.24, 2.45) is 5.73 Å². The molecule has 7 nitrogen and oxygen atoms in total. The summed E-state index contributed by atoms with van der Waals surface area (Å²) in [6.45, 7) is 0. The molecule has 0 unspecified atom stereocenters. The number of nitrogens with two attached hydrogens (primary N) is 1. The van der Waals surface area contributed by atoms with Gasteiger partial charge >= 0.3 is 5.97 Å². The van der Waals surface area contributed by atoms with Gasteiger partial charge in [0.05, 0.1) is 21.6 Å². The number of primary amides is 1. The number of pyridine rings is 1. The van der Waals surface area contributed by atoms with Gasteiger partial charge in [-0.05, 0) is 18.2 Å². The van der Waals surface area contributed by atoms with Gasteiger partial charge < -0.3 is 20.7 Å². The molecule has 9 heteroatoms. The lowest BCUT2D eigenvalue weighted by atomic mass is 10.1. The zero-order chi connectivity index (χ0) is 17.6. The lowest BCUT2D eigenvalue weighted by Gasteiger charge is -2.08. The number of hydrogen-bond acceptors (Lipinski definition) is 4. The molecule has 120 valence electrons. The highest BCUT2D eigenvalue weighted by Gasteiger charge is 2.13. The van der Waals surface area contributed by atoms with Gasteiger partial charge in [-0.2, -0.15) is 0 Å². The molecular formula is C14H10Cl2N2O5. The number of nitrogens with one attached hydrogen (secondary N) is 1. The van der Waals surface area contributed by atoms with Gasteiger partial charge in [0.1, 0.15) is 5.56 Å². The second-order valence-corrected chi connectivity index (χ2v) is 4.88. The Labute approximate surface area is 140 Å². The summed E-state index contributed by atoms with van der Waals surface area (Å²) in [6.07, 6.45) is 3.27. The Kier molecular flexibility index (Phi) is 6.49. The molecular weight excluding hydrogens is 347 g/mol. The topological polar surface area (TPSA) is 135 Å². The van der Waals surface area contributed by atoms with E-state index < -0.39 is 29.0 Å². The number of hydrogen-bond donors (Lipinski definition) is 2. The highest BCUT2D eigenvalue weighted by molar-refractivity contribution is 6.42. The summed E-state index contributed by atoms with van der Waals surface area (Å²) in [6, 6.07) is 5.29. The SMILES string of the molecule is NC(=O)c1ccc[nH+]c1.O=C([O-])c1cc(Cl)c(Cl)cc1C(=O)O. The third-order valence-corrected chi connectivity index (χ3v) is 3.22. The highest BCUT2D eigenvalue weighted by Crippen LogP contribution is 2.25. The predicted molar refractivity (Wildman–Crippen MR) is 79.3 cm³/mol. The van der Waals surface area contributed by atoms with Crippen LogP contribution in [0.5, 0.6) is 0 Å². The van der Waals surface area contributed by atoms with E-state index in [1.54, 1.807) is 24.5 Å². The molecule has 4 N–H and O–H groups in total. The van der Waals surface area contributed by atoms with Crippen LogP contribution in [0.3, 0.4) is 0 Å². The molecule has 23 heavy (non-hydrogen) atoms. The molecule has 0 aliphatic rings. The molecule has 0 saturated carbocycles. The number of carbonyl (C=O) groups excluding carboxylic acids is 2. The van der Waals surface area contributed by atoms with Crippen molar-refractivity contribution in [2.75, 3.05) is 0 Å². The van der Waals surface area contributed by atoms with E-state index in [9.17, 15) is 19.5 Å². The third kappa shape index (κ3) is 5.24. The van der Waals surface area contributed by atoms with Crippen LogP contribution in [-0.2, 0) is 0 Å². The molecule has 0 radical (unpaired) electrons. The molecule has 0 spiro atoms. The van der Waals surface area contributed by atoms with Crippen LogP contribution >= 0.6 is 23.2 Å². The summed E-state index contributed by atoms with van der Waals surface area (Å²) in [5.74, 6) is -3.42. The second-order valence-electron chi connectivity index (χ2n) is 4.06. The van der Waals surface area contributed by atoms with Crippen LogP contribution in [0.4, 0.5) is 0 Å². The van der Waals surface area contributed by atoms with Gasteiger partial charge in [0, 0.05) is 11.6 Å². The third-order valence-electron chi connectivity index (χ3n) is 2.50. The fourth-order valence-corrected chi connectivity index (χ4v) is 1.77. The molecule has 1 heterocycles. The lowest BCUT2D eigenvalue weighted by Crippen LogP contribution is -2.25. The Morgan fingerprint density at radius 2 is 1.70 bits per heavy atom. The largest absolute Gasteiger partial charge is 0.545 e. The normalized spacial score (nSPS) is 9.48. The zero-order valence-corrected chi connectivity index (χ0v) is 12.9. The number of H-pyrrole nitrogens is 1. The molecule has 0 fully saturated rings. The first-order chi connectivity index (χ1) is 10.7. The van der Waals surface area contributed by atoms with Crippen molar-refractivity contribution in [3.8, 4) is 0 Å². The minimum absolute atomic E-state index is 0.0194. The Balaban J connectivity index is 0.000000253. The quantitative estimate of drug-likeness (QED) is 0.832. The Bertz CT molecular complexity index is 711. The van der Waals surface area contributed by atoms with Crippen molar-refractivity contribution >= 4 is 41.0 Å². The van der Waals surface area contributed by atoms with Crippen molar-refractivity contribution in [3.63, 3.8) is 0 Å². The second kappa shape index (κ2) is 8.11. The van der Waals surface area contributed by atoms with Crippen molar-refractivity contribution in [3.05, 3.63) is 63.4 Å². The van der Waals surface area contributed by atoms with Crippen molar-refractivity contribution in [1.29, 1.82) is 0 Å². The number of amides is 1. The Morgan fingerprint density at radius 1 is 1.13 bits per heavy atom. The number of aromatic amines is 1. The average molecular weight is 357 g/mol. The van der Waals surface area contributed by atoms with Crippen LogP contribution in [0, 0.1) is 0 Å². The number of benzene rings is 1. The number of carboxylic acid groups (broad SMARTS) is 2. The van der Waals surface area contributed by atoms with Crippen molar-refractivity contribution < 1.29 is 29.6 Å². The van der Waals surface area contributed by atoms with Crippen molar-refractivity contribution in [2.45, 2.75) is 0 Å². The minimum atomic E-state index is -1.61. The Hall–Kier alpha value is -2.64. The van der Waals surface area contributed by atoms with Crippen LogP contribution in [0.1, 0.15) is 31.1 Å². The van der Waals surface area contributed by atoms with E-state index in [0.717, 1.165) is 12.1 Å². The number of aromatic carboxylic acids is 2. The number of carbonyl (C=O) groups is 3. The van der Waals surface area contributed by atoms with Crippen LogP contribution in [0.2, 0.25) is 10.0 Å². The fourth-order valence-electron chi connectivity index (χ4n) is 1.44. The standard InChI is InChI=1S/C8H4Cl2O4.C6H6N2O/c9-5-1-3(7(11)12)4(8(13)14)2-6(5)10;7-6(9)5-2-1-3-8-4-5/h1-2H,(H,11,12)(H,13,14);1-4H,(H2,7,9). The van der Waals surface area contributed by atoms with Gasteiger partial charge in [0.25, 0.3) is 5.91 Å². The van der Waals surface area contributed by atoms with Crippen LogP contribution in [0.15, 0.2) is 36.7 Å². The Morgan fingerprint density at radius 3 is 2.04 bits per heavy atom. The van der Waals surface area contributed by atoms with Gasteiger partial charge in [0.2, 0.25) is 0 Å². The molecule has 2 rings (SSSR count). The maximum atomic E-state index is 10.6. The lowest BCUT2D eigenvalue weighted by molar-refractivity contribution is -0.378. The van der Waals surface area contributed by atoms with E-state index in [1.165, 1.54) is 0 Å². The number of rotatable bonds is 3. The van der Waals surface area contributed by atoms with Crippen LogP contribution in [-0.4, -0.2) is 23.0 Å². The molecule has 1 aromatic heterocycles. The first-order valence-corrected chi connectivity index (χ1v) is 6.69. The maximum absolute atomic E-state index is 10.6. The van der Waals surface area contributed by atoms with Gasteiger partial charge in [-0.3, -0.25) is 4.79 Å². The number of aromatic nitrogens is 1. The summed E-state index contributed by atoms with van der Waals surface area (Å²) in [5, 5.41) is 19.1. The number of carboxylic acids is 2. The van der Waals surface area contributed by atoms with Crippen LogP contribution in [0.25, 0.3) is 0 Å². The molecule has 2 aromatic rings. The molecule has 1 aromatic carbocycles. The van der Waals surface area contributed by atoms with Gasteiger partial charge in [-0.1, -0.05) is 23.2 Å². The van der Waals surface area contributed by atoms with Crippen molar-refractivity contribution in [1.82, 2.24) is 0 Å². The summed E-state index contributed by atoms with van der Waals surface area (Å²) >= 11 is 11.0. The first-order valence-electron chi connectivity index (χ1n) is 5.93. The van der Waals surface area contributed by atoms with Gasteiger partial charge in [0.15, 0.2) is 12.4 Å². The van der Waals surface area contributed by atoms with E-state index in [1.807, 2.05) is 0 Å². The average Bonchev–Trinajstić information content (AvgIpc) is 2.50. The maximum Gasteiger partial charge on any atom is 0.336 e. The van der Waals surface area contributed by atoms with E-state index >= 15 is 0 Å². The van der Waals surface area contributed by atoms with E-state index in [0.29, 0.717) is 5.56 Å². The molecule has 1 amide bonds. The monoisotopic (exact) mass is 356 g/mol. The zero-order valence-electron chi connectivity index (χ0n) is 11.4. The van der Waals surface area contributed by atoms with E-state index in [2.05, 4.69) is 4.98 Å².